The van der Waals surface area contributed by atoms with Crippen molar-refractivity contribution in [2.75, 3.05) is 27.2 Å². The van der Waals surface area contributed by atoms with Gasteiger partial charge in [-0.05, 0) is 38.5 Å². The van der Waals surface area contributed by atoms with Crippen LogP contribution in [0.15, 0.2) is 12.2 Å². The van der Waals surface area contributed by atoms with Gasteiger partial charge in [0.1, 0.15) is 6.10 Å². The molecule has 0 aromatic heterocycles. The quantitative estimate of drug-likeness (QED) is 0.0979. The number of quaternary nitrogens is 1. The Morgan fingerprint density at radius 2 is 1.35 bits per heavy atom. The number of rotatable bonds is 21. The maximum Gasteiger partial charge on any atom is 0.224 e. The van der Waals surface area contributed by atoms with E-state index >= 15 is 0 Å². The first kappa shape index (κ1) is 30.1. The van der Waals surface area contributed by atoms with Crippen LogP contribution in [0, 0.1) is 0 Å². The van der Waals surface area contributed by atoms with Crippen molar-refractivity contribution >= 4 is 5.91 Å². The molecule has 5 nitrogen and oxygen atoms in total. The van der Waals surface area contributed by atoms with E-state index in [1.54, 1.807) is 0 Å². The number of hydrogen-bond acceptors (Lipinski definition) is 3. The summed E-state index contributed by atoms with van der Waals surface area (Å²) in [6.45, 7) is 4.82. The third kappa shape index (κ3) is 16.4. The summed E-state index contributed by atoms with van der Waals surface area (Å²) in [6, 6.07) is 0. The van der Waals surface area contributed by atoms with Gasteiger partial charge in [-0.15, -0.1) is 0 Å². The van der Waals surface area contributed by atoms with Gasteiger partial charge >= 0.3 is 0 Å². The van der Waals surface area contributed by atoms with Crippen LogP contribution in [0.3, 0.4) is 0 Å². The normalized spacial score (nSPS) is 14.1. The van der Waals surface area contributed by atoms with Crippen molar-refractivity contribution in [3.05, 3.63) is 12.2 Å². The summed E-state index contributed by atoms with van der Waals surface area (Å²) in [5, 5.41) is 22.5. The molecule has 0 rings (SSSR count). The van der Waals surface area contributed by atoms with E-state index < -0.39 is 12.3 Å². The third-order valence-electron chi connectivity index (χ3n) is 6.08. The van der Waals surface area contributed by atoms with Gasteiger partial charge in [0.25, 0.3) is 0 Å². The Balaban J connectivity index is 3.79. The molecule has 0 radical (unpaired) electrons. The fourth-order valence-corrected chi connectivity index (χ4v) is 4.15. The van der Waals surface area contributed by atoms with E-state index in [1.165, 1.54) is 70.6 Å². The van der Waals surface area contributed by atoms with Crippen molar-refractivity contribution in [1.29, 1.82) is 0 Å². The summed E-state index contributed by atoms with van der Waals surface area (Å²) < 4.78 is 0.469. The topological polar surface area (TPSA) is 69.6 Å². The highest BCUT2D eigenvalue weighted by Gasteiger charge is 2.34. The van der Waals surface area contributed by atoms with Crippen molar-refractivity contribution in [3.8, 4) is 0 Å². The third-order valence-corrected chi connectivity index (χ3v) is 6.08. The number of carbonyl (C=O) groups is 1. The Labute approximate surface area is 192 Å². The first-order chi connectivity index (χ1) is 14.9. The summed E-state index contributed by atoms with van der Waals surface area (Å²) in [7, 11) is 3.96. The van der Waals surface area contributed by atoms with Crippen molar-refractivity contribution in [3.63, 3.8) is 0 Å². The molecule has 0 aliphatic heterocycles. The average Bonchev–Trinajstić information content (AvgIpc) is 2.74. The Morgan fingerprint density at radius 1 is 0.839 bits per heavy atom. The number of nitrogens with zero attached hydrogens (tertiary/aromatic N) is 1. The molecule has 2 unspecified atom stereocenters. The van der Waals surface area contributed by atoms with E-state index in [0.29, 0.717) is 10.9 Å². The van der Waals surface area contributed by atoms with Crippen LogP contribution in [0.25, 0.3) is 0 Å². The maximum absolute atomic E-state index is 12.3. The van der Waals surface area contributed by atoms with Crippen LogP contribution in [0.5, 0.6) is 0 Å². The van der Waals surface area contributed by atoms with Crippen LogP contribution in [0.2, 0.25) is 0 Å². The van der Waals surface area contributed by atoms with Crippen molar-refractivity contribution in [1.82, 2.24) is 5.32 Å². The Kier molecular flexibility index (Phi) is 19.2. The van der Waals surface area contributed by atoms with E-state index in [0.717, 1.165) is 25.8 Å². The molecule has 31 heavy (non-hydrogen) atoms. The molecule has 5 heteroatoms. The largest absolute Gasteiger partial charge is 0.393 e. The Bertz CT molecular complexity index is 452. The van der Waals surface area contributed by atoms with Crippen LogP contribution in [0.1, 0.15) is 110 Å². The molecular formula is C26H53N2O3+. The molecule has 0 aromatic carbocycles. The van der Waals surface area contributed by atoms with Gasteiger partial charge in [0.05, 0.1) is 27.2 Å². The lowest BCUT2D eigenvalue weighted by molar-refractivity contribution is -0.921. The summed E-state index contributed by atoms with van der Waals surface area (Å²) in [5.74, 6) is -0.0302. The molecule has 0 aliphatic carbocycles. The highest BCUT2D eigenvalue weighted by atomic mass is 16.3. The van der Waals surface area contributed by atoms with E-state index in [4.69, 9.17) is 0 Å². The number of unbranched alkanes of at least 4 members (excludes halogenated alkanes) is 11. The highest BCUT2D eigenvalue weighted by molar-refractivity contribution is 5.76. The molecule has 1 amide bonds. The van der Waals surface area contributed by atoms with Crippen molar-refractivity contribution in [2.45, 2.75) is 122 Å². The number of likely N-dealkylation sites (N-methyl/N-ethyl adjacent to an activating group) is 1. The number of hydrogen-bond donors (Lipinski definition) is 3. The number of allylic oxidation sites excluding steroid dienone is 2. The van der Waals surface area contributed by atoms with Gasteiger partial charge in [-0.2, -0.15) is 0 Å². The highest BCUT2D eigenvalue weighted by Crippen LogP contribution is 2.12. The first-order valence-corrected chi connectivity index (χ1v) is 12.9. The monoisotopic (exact) mass is 441 g/mol. The summed E-state index contributed by atoms with van der Waals surface area (Å²) >= 11 is 0. The van der Waals surface area contributed by atoms with E-state index in [-0.39, 0.29) is 12.5 Å². The molecule has 0 saturated carbocycles. The average molecular weight is 442 g/mol. The molecule has 0 aromatic rings. The summed E-state index contributed by atoms with van der Waals surface area (Å²) in [4.78, 5) is 12.3. The molecule has 0 fully saturated rings. The predicted molar refractivity (Wildman–Crippen MR) is 132 cm³/mol. The van der Waals surface area contributed by atoms with E-state index in [2.05, 4.69) is 31.3 Å². The van der Waals surface area contributed by atoms with Crippen LogP contribution in [0.4, 0.5) is 0 Å². The molecule has 0 bridgehead atoms. The second kappa shape index (κ2) is 19.8. The number of carbonyl (C=O) groups excluding carboxylic acids is 1. The minimum Gasteiger partial charge on any atom is -0.393 e. The van der Waals surface area contributed by atoms with Crippen molar-refractivity contribution in [2.24, 2.45) is 0 Å². The van der Waals surface area contributed by atoms with E-state index in [9.17, 15) is 15.0 Å². The van der Waals surface area contributed by atoms with Gasteiger partial charge in [0.15, 0.2) is 6.17 Å². The second-order valence-corrected chi connectivity index (χ2v) is 9.60. The number of aliphatic hydroxyl groups is 2. The molecule has 0 heterocycles. The zero-order chi connectivity index (χ0) is 23.4. The molecule has 3 N–H and O–H groups in total. The zero-order valence-electron chi connectivity index (χ0n) is 21.1. The lowest BCUT2D eigenvalue weighted by atomic mass is 10.1. The fraction of sp³-hybridized carbons (Fsp3) is 0.885. The number of aliphatic hydroxyl groups excluding tert-OH is 2. The second-order valence-electron chi connectivity index (χ2n) is 9.60. The molecule has 2 atom stereocenters. The molecule has 0 spiro atoms. The standard InChI is InChI=1S/C26H52N2O3/c1-5-7-8-9-10-11-12-13-14-15-16-17-18-19-20-21-25(31)27-26(24(30)23-29)28(3,4)22-6-2/h13-14,24,26,29-30H,5-12,15-23H2,1-4H3/p+1/b14-13-. The molecule has 184 valence electrons. The van der Waals surface area contributed by atoms with Gasteiger partial charge in [-0.3, -0.25) is 4.79 Å². The Morgan fingerprint density at radius 3 is 1.87 bits per heavy atom. The predicted octanol–water partition coefficient (Wildman–Crippen LogP) is 5.31. The minimum absolute atomic E-state index is 0.0302. The lowest BCUT2D eigenvalue weighted by Gasteiger charge is -2.40. The van der Waals surface area contributed by atoms with Gasteiger partial charge < -0.3 is 20.0 Å². The van der Waals surface area contributed by atoms with Crippen LogP contribution in [-0.4, -0.2) is 60.1 Å². The van der Waals surface area contributed by atoms with Crippen molar-refractivity contribution < 1.29 is 19.5 Å². The summed E-state index contributed by atoms with van der Waals surface area (Å²) in [5.41, 5.74) is 0. The van der Waals surface area contributed by atoms with Gasteiger partial charge in [0, 0.05) is 6.42 Å². The van der Waals surface area contributed by atoms with Gasteiger partial charge in [-0.1, -0.05) is 77.4 Å². The number of amides is 1. The zero-order valence-corrected chi connectivity index (χ0v) is 21.1. The minimum atomic E-state index is -0.945. The first-order valence-electron chi connectivity index (χ1n) is 12.9. The fourth-order valence-electron chi connectivity index (χ4n) is 4.15. The van der Waals surface area contributed by atoms with E-state index in [1.807, 2.05) is 14.1 Å². The number of nitrogens with one attached hydrogen (secondary N) is 1. The smallest absolute Gasteiger partial charge is 0.224 e. The van der Waals surface area contributed by atoms with Gasteiger partial charge in [-0.25, -0.2) is 0 Å². The van der Waals surface area contributed by atoms with Gasteiger partial charge in [0.2, 0.25) is 5.91 Å². The molecular weight excluding hydrogens is 388 g/mol. The molecule has 0 saturated heterocycles. The SMILES string of the molecule is CCCCCCCC/C=C\CCCCCCCC(=O)NC(C(O)CO)[N+](C)(C)CCC. The van der Waals surface area contributed by atoms with Crippen LogP contribution >= 0.6 is 0 Å². The Hall–Kier alpha value is -0.910. The molecule has 0 aliphatic rings. The van der Waals surface area contributed by atoms with Crippen LogP contribution < -0.4 is 5.32 Å². The summed E-state index contributed by atoms with van der Waals surface area (Å²) in [6.07, 6.45) is 20.8. The van der Waals surface area contributed by atoms with Crippen LogP contribution in [-0.2, 0) is 4.79 Å². The maximum atomic E-state index is 12.3. The lowest BCUT2D eigenvalue weighted by Crippen LogP contribution is -2.63.